The Bertz CT molecular complexity index is 616. The number of piperidine rings is 1. The second-order valence-electron chi connectivity index (χ2n) is 7.03. The summed E-state index contributed by atoms with van der Waals surface area (Å²) in [5.41, 5.74) is 1.23. The third-order valence-corrected chi connectivity index (χ3v) is 4.57. The Kier molecular flexibility index (Phi) is 12.0. The van der Waals surface area contributed by atoms with Crippen LogP contribution in [0.15, 0.2) is 41.4 Å². The van der Waals surface area contributed by atoms with Gasteiger partial charge in [-0.2, -0.15) is 0 Å². The molecule has 2 N–H and O–H groups in total. The summed E-state index contributed by atoms with van der Waals surface area (Å²) in [6.45, 7) is 10.8. The van der Waals surface area contributed by atoms with Crippen molar-refractivity contribution in [2.45, 2.75) is 32.2 Å². The van der Waals surface area contributed by atoms with Crippen LogP contribution >= 0.6 is 24.0 Å². The lowest BCUT2D eigenvalue weighted by Crippen LogP contribution is -2.49. The number of halogens is 1. The first-order valence-corrected chi connectivity index (χ1v) is 9.71. The van der Waals surface area contributed by atoms with Gasteiger partial charge in [0.05, 0.1) is 13.7 Å². The molecule has 0 saturated carbocycles. The Morgan fingerprint density at radius 1 is 1.29 bits per heavy atom. The maximum absolute atomic E-state index is 5.76. The minimum atomic E-state index is 0. The predicted octanol–water partition coefficient (Wildman–Crippen LogP) is 3.29. The number of methoxy groups -OCH3 is 1. The van der Waals surface area contributed by atoms with E-state index in [1.165, 1.54) is 5.57 Å². The smallest absolute Gasteiger partial charge is 0.191 e. The largest absolute Gasteiger partial charge is 0.497 e. The topological polar surface area (TPSA) is 58.1 Å². The van der Waals surface area contributed by atoms with Gasteiger partial charge in [-0.25, -0.2) is 0 Å². The third-order valence-electron chi connectivity index (χ3n) is 4.57. The van der Waals surface area contributed by atoms with Crippen molar-refractivity contribution in [3.05, 3.63) is 36.4 Å². The second kappa shape index (κ2) is 13.7. The minimum Gasteiger partial charge on any atom is -0.497 e. The van der Waals surface area contributed by atoms with E-state index in [0.29, 0.717) is 12.6 Å². The molecule has 1 aromatic rings. The zero-order valence-electron chi connectivity index (χ0n) is 17.4. The Morgan fingerprint density at radius 3 is 2.64 bits per heavy atom. The highest BCUT2D eigenvalue weighted by Crippen LogP contribution is 2.18. The van der Waals surface area contributed by atoms with Crippen LogP contribution in [0.1, 0.15) is 26.2 Å². The fraction of sp³-hybridized carbons (Fsp3) is 0.571. The summed E-state index contributed by atoms with van der Waals surface area (Å²) in [5, 5.41) is 6.91. The zero-order chi connectivity index (χ0) is 19.5. The Balaban J connectivity index is 0.00000392. The summed E-state index contributed by atoms with van der Waals surface area (Å²) in [7, 11) is 3.48. The van der Waals surface area contributed by atoms with Gasteiger partial charge in [0.15, 0.2) is 5.96 Å². The quantitative estimate of drug-likeness (QED) is 0.179. The maximum atomic E-state index is 5.76. The zero-order valence-corrected chi connectivity index (χ0v) is 19.7. The van der Waals surface area contributed by atoms with E-state index in [1.807, 2.05) is 31.3 Å². The molecule has 0 radical (unpaired) electrons. The number of nitrogens with one attached hydrogen (secondary N) is 2. The normalized spacial score (nSPS) is 15.5. The van der Waals surface area contributed by atoms with Crippen molar-refractivity contribution in [1.82, 2.24) is 15.5 Å². The summed E-state index contributed by atoms with van der Waals surface area (Å²) < 4.78 is 11.0. The van der Waals surface area contributed by atoms with Gasteiger partial charge in [0, 0.05) is 45.3 Å². The Morgan fingerprint density at radius 2 is 2.00 bits per heavy atom. The van der Waals surface area contributed by atoms with Gasteiger partial charge >= 0.3 is 0 Å². The van der Waals surface area contributed by atoms with E-state index < -0.39 is 0 Å². The SMILES string of the molecule is C=C(C)CN1CCC(NC(=NC)NCCCOc2cccc(OC)c2)CC1.I. The fourth-order valence-electron chi connectivity index (χ4n) is 3.17. The standard InChI is InChI=1S/C21H34N4O2.HI/c1-17(2)16-25-12-9-18(10-13-25)24-21(22-3)23-11-6-14-27-20-8-5-7-19(15-20)26-4;/h5,7-8,15,18H,1,6,9-14,16H2,2-4H3,(H2,22,23,24);1H. The molecule has 7 heteroatoms. The first kappa shape index (κ1) is 24.6. The van der Waals surface area contributed by atoms with Crippen LogP contribution in [0.4, 0.5) is 0 Å². The molecule has 0 bridgehead atoms. The molecule has 158 valence electrons. The highest BCUT2D eigenvalue weighted by molar-refractivity contribution is 14.0. The van der Waals surface area contributed by atoms with E-state index in [9.17, 15) is 0 Å². The van der Waals surface area contributed by atoms with E-state index >= 15 is 0 Å². The van der Waals surface area contributed by atoms with Crippen LogP contribution in [-0.4, -0.2) is 63.8 Å². The summed E-state index contributed by atoms with van der Waals surface area (Å²) in [6, 6.07) is 8.16. The monoisotopic (exact) mass is 502 g/mol. The third kappa shape index (κ3) is 9.14. The van der Waals surface area contributed by atoms with Crippen molar-refractivity contribution < 1.29 is 9.47 Å². The van der Waals surface area contributed by atoms with Crippen molar-refractivity contribution in [3.8, 4) is 11.5 Å². The van der Waals surface area contributed by atoms with Crippen molar-refractivity contribution in [2.75, 3.05) is 46.9 Å². The predicted molar refractivity (Wildman–Crippen MR) is 127 cm³/mol. The number of likely N-dealkylation sites (tertiary alicyclic amines) is 1. The molecule has 28 heavy (non-hydrogen) atoms. The van der Waals surface area contributed by atoms with E-state index in [0.717, 1.165) is 62.9 Å². The Labute approximate surface area is 186 Å². The van der Waals surface area contributed by atoms with Crippen molar-refractivity contribution >= 4 is 29.9 Å². The number of nitrogens with zero attached hydrogens (tertiary/aromatic N) is 2. The van der Waals surface area contributed by atoms with Crippen LogP contribution in [0.25, 0.3) is 0 Å². The first-order chi connectivity index (χ1) is 13.1. The van der Waals surface area contributed by atoms with Crippen molar-refractivity contribution in [1.29, 1.82) is 0 Å². The summed E-state index contributed by atoms with van der Waals surface area (Å²) in [5.74, 6) is 2.51. The molecule has 1 heterocycles. The van der Waals surface area contributed by atoms with E-state index in [1.54, 1.807) is 7.11 Å². The number of guanidine groups is 1. The van der Waals surface area contributed by atoms with E-state index in [2.05, 4.69) is 34.0 Å². The number of hydrogen-bond donors (Lipinski definition) is 2. The first-order valence-electron chi connectivity index (χ1n) is 9.71. The van der Waals surface area contributed by atoms with Crippen molar-refractivity contribution in [2.24, 2.45) is 4.99 Å². The molecule has 1 fully saturated rings. The second-order valence-corrected chi connectivity index (χ2v) is 7.03. The van der Waals surface area contributed by atoms with Crippen LogP contribution in [0.3, 0.4) is 0 Å². The molecule has 1 aliphatic rings. The van der Waals surface area contributed by atoms with Crippen LogP contribution in [0.2, 0.25) is 0 Å². The van der Waals surface area contributed by atoms with E-state index in [4.69, 9.17) is 9.47 Å². The lowest BCUT2D eigenvalue weighted by atomic mass is 10.0. The number of hydrogen-bond acceptors (Lipinski definition) is 4. The average molecular weight is 502 g/mol. The summed E-state index contributed by atoms with van der Waals surface area (Å²) in [4.78, 5) is 6.80. The van der Waals surface area contributed by atoms with Gasteiger partial charge in [-0.05, 0) is 38.3 Å². The molecule has 1 aliphatic heterocycles. The summed E-state index contributed by atoms with van der Waals surface area (Å²) >= 11 is 0. The summed E-state index contributed by atoms with van der Waals surface area (Å²) in [6.07, 6.45) is 3.16. The van der Waals surface area contributed by atoms with Crippen LogP contribution < -0.4 is 20.1 Å². The minimum absolute atomic E-state index is 0. The number of rotatable bonds is 9. The lowest BCUT2D eigenvalue weighted by molar-refractivity contribution is 0.221. The number of aliphatic imine (C=N–C) groups is 1. The van der Waals surface area contributed by atoms with E-state index in [-0.39, 0.29) is 24.0 Å². The van der Waals surface area contributed by atoms with Gasteiger partial charge < -0.3 is 20.1 Å². The van der Waals surface area contributed by atoms with Gasteiger partial charge in [0.2, 0.25) is 0 Å². The molecule has 0 spiro atoms. The molecule has 2 rings (SSSR count). The van der Waals surface area contributed by atoms with Gasteiger partial charge in [-0.1, -0.05) is 18.2 Å². The van der Waals surface area contributed by atoms with Crippen LogP contribution in [0, 0.1) is 0 Å². The molecular formula is C21H35IN4O2. The Hall–Kier alpha value is -1.48. The molecule has 1 saturated heterocycles. The maximum Gasteiger partial charge on any atom is 0.191 e. The lowest BCUT2D eigenvalue weighted by Gasteiger charge is -2.33. The molecule has 0 atom stereocenters. The van der Waals surface area contributed by atoms with Gasteiger partial charge in [-0.15, -0.1) is 24.0 Å². The van der Waals surface area contributed by atoms with Gasteiger partial charge in [0.25, 0.3) is 0 Å². The fourth-order valence-corrected chi connectivity index (χ4v) is 3.17. The number of ether oxygens (including phenoxy) is 2. The van der Waals surface area contributed by atoms with Crippen molar-refractivity contribution in [3.63, 3.8) is 0 Å². The van der Waals surface area contributed by atoms with Crippen LogP contribution in [-0.2, 0) is 0 Å². The molecule has 0 amide bonds. The van der Waals surface area contributed by atoms with Crippen LogP contribution in [0.5, 0.6) is 11.5 Å². The molecule has 0 aliphatic carbocycles. The molecule has 6 nitrogen and oxygen atoms in total. The van der Waals surface area contributed by atoms with Gasteiger partial charge in [-0.3, -0.25) is 9.89 Å². The number of benzene rings is 1. The van der Waals surface area contributed by atoms with Gasteiger partial charge in [0.1, 0.15) is 11.5 Å². The average Bonchev–Trinajstić information content (AvgIpc) is 2.68. The molecular weight excluding hydrogens is 467 g/mol. The molecule has 1 aromatic carbocycles. The highest BCUT2D eigenvalue weighted by atomic mass is 127. The molecule has 0 aromatic heterocycles. The molecule has 0 unspecified atom stereocenters. The highest BCUT2D eigenvalue weighted by Gasteiger charge is 2.19.